The fourth-order valence-corrected chi connectivity index (χ4v) is 2.41. The van der Waals surface area contributed by atoms with E-state index in [1.807, 2.05) is 0 Å². The Morgan fingerprint density at radius 2 is 1.88 bits per heavy atom. The third-order valence-electron chi connectivity index (χ3n) is 3.04. The Labute approximate surface area is 149 Å². The molecule has 0 saturated heterocycles. The first-order chi connectivity index (χ1) is 11.3. The van der Waals surface area contributed by atoms with Gasteiger partial charge in [-0.25, -0.2) is 4.79 Å². The SMILES string of the molecule is COC(=O)c1ccc(Cl)c(NC(=O)c2ccc(Br)c([N+](=O)[O-])c2)c1. The van der Waals surface area contributed by atoms with Crippen molar-refractivity contribution in [3.63, 3.8) is 0 Å². The molecule has 2 rings (SSSR count). The van der Waals surface area contributed by atoms with Gasteiger partial charge in [-0.05, 0) is 46.3 Å². The summed E-state index contributed by atoms with van der Waals surface area (Å²) in [6.07, 6.45) is 0. The molecule has 0 bridgehead atoms. The third kappa shape index (κ3) is 3.90. The molecular weight excluding hydrogens is 404 g/mol. The number of hydrogen-bond acceptors (Lipinski definition) is 5. The minimum atomic E-state index is -0.605. The molecule has 24 heavy (non-hydrogen) atoms. The predicted molar refractivity (Wildman–Crippen MR) is 91.5 cm³/mol. The number of benzene rings is 2. The van der Waals surface area contributed by atoms with Crippen LogP contribution in [0.1, 0.15) is 20.7 Å². The molecule has 0 aliphatic carbocycles. The van der Waals surface area contributed by atoms with Crippen molar-refractivity contribution in [3.8, 4) is 0 Å². The van der Waals surface area contributed by atoms with Crippen molar-refractivity contribution in [3.05, 3.63) is 67.1 Å². The quantitative estimate of drug-likeness (QED) is 0.463. The number of methoxy groups -OCH3 is 1. The molecule has 2 aromatic rings. The lowest BCUT2D eigenvalue weighted by Gasteiger charge is -2.09. The van der Waals surface area contributed by atoms with Crippen LogP contribution in [-0.2, 0) is 4.74 Å². The van der Waals surface area contributed by atoms with Gasteiger partial charge in [-0.3, -0.25) is 14.9 Å². The molecule has 1 amide bonds. The van der Waals surface area contributed by atoms with Crippen molar-refractivity contribution in [1.29, 1.82) is 0 Å². The molecule has 1 N–H and O–H groups in total. The number of anilines is 1. The van der Waals surface area contributed by atoms with Gasteiger partial charge < -0.3 is 10.1 Å². The molecule has 0 unspecified atom stereocenters. The number of halogens is 2. The zero-order valence-electron chi connectivity index (χ0n) is 12.2. The molecule has 0 spiro atoms. The molecule has 0 aliphatic rings. The molecular formula is C15H10BrClN2O5. The maximum Gasteiger partial charge on any atom is 0.337 e. The smallest absolute Gasteiger partial charge is 0.337 e. The average Bonchev–Trinajstić information content (AvgIpc) is 2.56. The summed E-state index contributed by atoms with van der Waals surface area (Å²) < 4.78 is 4.86. The number of esters is 1. The summed E-state index contributed by atoms with van der Waals surface area (Å²) in [7, 11) is 1.23. The van der Waals surface area contributed by atoms with Crippen LogP contribution in [0.3, 0.4) is 0 Å². The lowest BCUT2D eigenvalue weighted by atomic mass is 10.1. The molecule has 0 fully saturated rings. The van der Waals surface area contributed by atoms with Crippen LogP contribution in [0.5, 0.6) is 0 Å². The van der Waals surface area contributed by atoms with Crippen LogP contribution in [0.4, 0.5) is 11.4 Å². The third-order valence-corrected chi connectivity index (χ3v) is 4.04. The van der Waals surface area contributed by atoms with E-state index in [0.717, 1.165) is 6.07 Å². The highest BCUT2D eigenvalue weighted by Gasteiger charge is 2.17. The number of nitro benzene ring substituents is 1. The number of amides is 1. The summed E-state index contributed by atoms with van der Waals surface area (Å²) >= 11 is 9.05. The summed E-state index contributed by atoms with van der Waals surface area (Å²) in [4.78, 5) is 34.1. The number of nitrogens with zero attached hydrogens (tertiary/aromatic N) is 1. The van der Waals surface area contributed by atoms with E-state index < -0.39 is 16.8 Å². The van der Waals surface area contributed by atoms with Gasteiger partial charge in [0.2, 0.25) is 0 Å². The molecule has 0 radical (unpaired) electrons. The van der Waals surface area contributed by atoms with Crippen LogP contribution in [0.25, 0.3) is 0 Å². The van der Waals surface area contributed by atoms with E-state index >= 15 is 0 Å². The van der Waals surface area contributed by atoms with Crippen LogP contribution in [-0.4, -0.2) is 23.9 Å². The normalized spacial score (nSPS) is 10.1. The van der Waals surface area contributed by atoms with Crippen molar-refractivity contribution in [1.82, 2.24) is 0 Å². The fourth-order valence-electron chi connectivity index (χ4n) is 1.85. The molecule has 7 nitrogen and oxygen atoms in total. The summed E-state index contributed by atoms with van der Waals surface area (Å²) in [5.41, 5.74) is 0.232. The lowest BCUT2D eigenvalue weighted by molar-refractivity contribution is -0.385. The number of nitrogens with one attached hydrogen (secondary N) is 1. The number of carbonyl (C=O) groups is 2. The van der Waals surface area contributed by atoms with Crippen LogP contribution < -0.4 is 5.32 Å². The van der Waals surface area contributed by atoms with Gasteiger partial charge in [-0.2, -0.15) is 0 Å². The minimum absolute atomic E-state index is 0.0736. The zero-order valence-corrected chi connectivity index (χ0v) is 14.6. The number of carbonyl (C=O) groups excluding carboxylic acids is 2. The fraction of sp³-hybridized carbons (Fsp3) is 0.0667. The van der Waals surface area contributed by atoms with Gasteiger partial charge in [0.25, 0.3) is 11.6 Å². The number of nitro groups is 1. The Hall–Kier alpha value is -2.45. The van der Waals surface area contributed by atoms with Gasteiger partial charge in [0, 0.05) is 11.6 Å². The number of hydrogen-bond donors (Lipinski definition) is 1. The maximum absolute atomic E-state index is 12.3. The summed E-state index contributed by atoms with van der Waals surface area (Å²) in [6.45, 7) is 0. The Bertz CT molecular complexity index is 841. The first-order valence-corrected chi connectivity index (χ1v) is 7.63. The second-order valence-electron chi connectivity index (χ2n) is 4.56. The number of rotatable bonds is 4. The first-order valence-electron chi connectivity index (χ1n) is 6.46. The van der Waals surface area contributed by atoms with Crippen molar-refractivity contribution >= 4 is 50.8 Å². The van der Waals surface area contributed by atoms with E-state index in [1.54, 1.807) is 0 Å². The van der Waals surface area contributed by atoms with E-state index in [9.17, 15) is 19.7 Å². The second-order valence-corrected chi connectivity index (χ2v) is 5.83. The van der Waals surface area contributed by atoms with Crippen LogP contribution in [0.15, 0.2) is 40.9 Å². The van der Waals surface area contributed by atoms with Gasteiger partial charge >= 0.3 is 5.97 Å². The molecule has 0 saturated carbocycles. The molecule has 0 aliphatic heterocycles. The maximum atomic E-state index is 12.3. The molecule has 0 atom stereocenters. The van der Waals surface area contributed by atoms with Gasteiger partial charge in [0.05, 0.1) is 32.8 Å². The monoisotopic (exact) mass is 412 g/mol. The Balaban J connectivity index is 2.31. The van der Waals surface area contributed by atoms with E-state index in [4.69, 9.17) is 11.6 Å². The number of ether oxygens (including phenoxy) is 1. The molecule has 124 valence electrons. The Kier molecular flexibility index (Phi) is 5.53. The van der Waals surface area contributed by atoms with E-state index in [2.05, 4.69) is 26.0 Å². The topological polar surface area (TPSA) is 98.5 Å². The highest BCUT2D eigenvalue weighted by Crippen LogP contribution is 2.27. The van der Waals surface area contributed by atoms with Gasteiger partial charge in [0.1, 0.15) is 0 Å². The molecule has 0 heterocycles. The van der Waals surface area contributed by atoms with Gasteiger partial charge in [-0.15, -0.1) is 0 Å². The predicted octanol–water partition coefficient (Wildman–Crippen LogP) is 4.05. The summed E-state index contributed by atoms with van der Waals surface area (Å²) in [6, 6.07) is 8.21. The van der Waals surface area contributed by atoms with Crippen molar-refractivity contribution in [2.75, 3.05) is 12.4 Å². The molecule has 9 heteroatoms. The molecule has 0 aromatic heterocycles. The van der Waals surface area contributed by atoms with E-state index in [-0.39, 0.29) is 32.0 Å². The largest absolute Gasteiger partial charge is 0.465 e. The summed E-state index contributed by atoms with van der Waals surface area (Å²) in [5, 5.41) is 13.7. The van der Waals surface area contributed by atoms with Crippen LogP contribution in [0.2, 0.25) is 5.02 Å². The average molecular weight is 414 g/mol. The lowest BCUT2D eigenvalue weighted by Crippen LogP contribution is -2.13. The van der Waals surface area contributed by atoms with Gasteiger partial charge in [0.15, 0.2) is 0 Å². The Morgan fingerprint density at radius 3 is 2.50 bits per heavy atom. The van der Waals surface area contributed by atoms with E-state index in [1.165, 1.54) is 37.4 Å². The molecule has 2 aromatic carbocycles. The van der Waals surface area contributed by atoms with Crippen molar-refractivity contribution in [2.45, 2.75) is 0 Å². The second kappa shape index (κ2) is 7.41. The highest BCUT2D eigenvalue weighted by atomic mass is 79.9. The minimum Gasteiger partial charge on any atom is -0.465 e. The van der Waals surface area contributed by atoms with Crippen molar-refractivity contribution in [2.24, 2.45) is 0 Å². The van der Waals surface area contributed by atoms with Gasteiger partial charge in [-0.1, -0.05) is 11.6 Å². The van der Waals surface area contributed by atoms with Crippen LogP contribution in [0, 0.1) is 10.1 Å². The van der Waals surface area contributed by atoms with Crippen molar-refractivity contribution < 1.29 is 19.2 Å². The zero-order chi connectivity index (χ0) is 17.9. The first kappa shape index (κ1) is 17.9. The Morgan fingerprint density at radius 1 is 1.21 bits per heavy atom. The summed E-state index contributed by atoms with van der Waals surface area (Å²) in [5.74, 6) is -1.18. The standard InChI is InChI=1S/C15H10BrClN2O5/c1-24-15(21)9-3-5-11(17)12(6-9)18-14(20)8-2-4-10(16)13(7-8)19(22)23/h2-7H,1H3,(H,18,20). The van der Waals surface area contributed by atoms with Crippen LogP contribution >= 0.6 is 27.5 Å². The highest BCUT2D eigenvalue weighted by molar-refractivity contribution is 9.10. The van der Waals surface area contributed by atoms with E-state index in [0.29, 0.717) is 0 Å².